The van der Waals surface area contributed by atoms with E-state index in [0.717, 1.165) is 6.54 Å². The normalized spacial score (nSPS) is 20.5. The Morgan fingerprint density at radius 2 is 1.76 bits per heavy atom. The van der Waals surface area contributed by atoms with Crippen molar-refractivity contribution in [3.05, 3.63) is 0 Å². The van der Waals surface area contributed by atoms with Crippen molar-refractivity contribution in [2.75, 3.05) is 53.4 Å². The van der Waals surface area contributed by atoms with Gasteiger partial charge < -0.3 is 15.1 Å². The van der Waals surface area contributed by atoms with Gasteiger partial charge in [0.05, 0.1) is 0 Å². The van der Waals surface area contributed by atoms with Crippen LogP contribution >= 0.6 is 0 Å². The van der Waals surface area contributed by atoms with Crippen molar-refractivity contribution in [2.45, 2.75) is 33.1 Å². The van der Waals surface area contributed by atoms with Gasteiger partial charge in [0.15, 0.2) is 0 Å². The van der Waals surface area contributed by atoms with E-state index < -0.39 is 0 Å². The van der Waals surface area contributed by atoms with Crippen molar-refractivity contribution in [1.82, 2.24) is 15.1 Å². The molecule has 0 amide bonds. The second kappa shape index (κ2) is 7.34. The van der Waals surface area contributed by atoms with E-state index in [0.29, 0.717) is 5.41 Å². The molecular formula is C14H31N3. The van der Waals surface area contributed by atoms with E-state index in [4.69, 9.17) is 0 Å². The first-order chi connectivity index (χ1) is 8.15. The summed E-state index contributed by atoms with van der Waals surface area (Å²) in [5.41, 5.74) is 0.470. The van der Waals surface area contributed by atoms with Crippen LogP contribution in [0.1, 0.15) is 33.1 Å². The summed E-state index contributed by atoms with van der Waals surface area (Å²) in [4.78, 5) is 5.13. The molecule has 0 unspecified atom stereocenters. The Kier molecular flexibility index (Phi) is 6.45. The molecule has 0 bridgehead atoms. The molecule has 0 aliphatic carbocycles. The second-order valence-electron chi connectivity index (χ2n) is 5.67. The lowest BCUT2D eigenvalue weighted by Gasteiger charge is -2.37. The number of hydrogen-bond donors (Lipinski definition) is 1. The van der Waals surface area contributed by atoms with Gasteiger partial charge in [-0.15, -0.1) is 0 Å². The minimum Gasteiger partial charge on any atom is -0.319 e. The van der Waals surface area contributed by atoms with E-state index in [2.05, 4.69) is 43.1 Å². The van der Waals surface area contributed by atoms with E-state index in [1.165, 1.54) is 52.0 Å². The molecule has 17 heavy (non-hydrogen) atoms. The molecule has 0 saturated carbocycles. The van der Waals surface area contributed by atoms with Gasteiger partial charge in [-0.2, -0.15) is 0 Å². The van der Waals surface area contributed by atoms with Crippen molar-refractivity contribution < 1.29 is 0 Å². The molecule has 0 atom stereocenters. The summed E-state index contributed by atoms with van der Waals surface area (Å²) in [6.45, 7) is 12.1. The van der Waals surface area contributed by atoms with Crippen LogP contribution < -0.4 is 5.32 Å². The van der Waals surface area contributed by atoms with Gasteiger partial charge >= 0.3 is 0 Å². The number of nitrogens with one attached hydrogen (secondary N) is 1. The van der Waals surface area contributed by atoms with E-state index in [1.807, 2.05) is 0 Å². The predicted molar refractivity (Wildman–Crippen MR) is 75.5 cm³/mol. The van der Waals surface area contributed by atoms with Crippen LogP contribution in [0.15, 0.2) is 0 Å². The van der Waals surface area contributed by atoms with Crippen LogP contribution in [0.4, 0.5) is 0 Å². The number of likely N-dealkylation sites (N-methyl/N-ethyl adjacent to an activating group) is 1. The summed E-state index contributed by atoms with van der Waals surface area (Å²) in [6, 6.07) is 0. The number of hydrogen-bond acceptors (Lipinski definition) is 3. The molecule has 1 rings (SSSR count). The van der Waals surface area contributed by atoms with E-state index in [1.54, 1.807) is 0 Å². The largest absolute Gasteiger partial charge is 0.319 e. The quantitative estimate of drug-likeness (QED) is 0.763. The third kappa shape index (κ3) is 4.57. The maximum absolute atomic E-state index is 3.39. The number of nitrogens with zero attached hydrogens (tertiary/aromatic N) is 2. The molecule has 1 fully saturated rings. The molecular weight excluding hydrogens is 210 g/mol. The molecule has 0 aromatic carbocycles. The fourth-order valence-corrected chi connectivity index (χ4v) is 2.89. The molecule has 0 radical (unpaired) electrons. The highest BCUT2D eigenvalue weighted by Crippen LogP contribution is 2.27. The van der Waals surface area contributed by atoms with Gasteiger partial charge in [0.25, 0.3) is 0 Å². The first-order valence-corrected chi connectivity index (χ1v) is 7.21. The second-order valence-corrected chi connectivity index (χ2v) is 5.67. The van der Waals surface area contributed by atoms with Crippen molar-refractivity contribution in [3.8, 4) is 0 Å². The van der Waals surface area contributed by atoms with Crippen LogP contribution in [-0.2, 0) is 0 Å². The molecule has 0 spiro atoms. The molecule has 0 aromatic rings. The monoisotopic (exact) mass is 241 g/mol. The predicted octanol–water partition coefficient (Wildman–Crippen LogP) is 1.65. The fraction of sp³-hybridized carbons (Fsp3) is 1.00. The van der Waals surface area contributed by atoms with E-state index >= 15 is 0 Å². The SMILES string of the molecule is CCC(CC)(CNC)CN1CCCN(C)CC1. The average Bonchev–Trinajstić information content (AvgIpc) is 2.54. The van der Waals surface area contributed by atoms with Gasteiger partial charge in [-0.1, -0.05) is 13.8 Å². The molecule has 0 aromatic heterocycles. The van der Waals surface area contributed by atoms with Crippen molar-refractivity contribution in [2.24, 2.45) is 5.41 Å². The topological polar surface area (TPSA) is 18.5 Å². The van der Waals surface area contributed by atoms with Crippen LogP contribution in [0.3, 0.4) is 0 Å². The highest BCUT2D eigenvalue weighted by atomic mass is 15.2. The summed E-state index contributed by atoms with van der Waals surface area (Å²) < 4.78 is 0. The Balaban J connectivity index is 2.53. The zero-order valence-corrected chi connectivity index (χ0v) is 12.3. The molecule has 3 nitrogen and oxygen atoms in total. The zero-order chi connectivity index (χ0) is 12.7. The van der Waals surface area contributed by atoms with Gasteiger partial charge in [0, 0.05) is 26.2 Å². The molecule has 102 valence electrons. The van der Waals surface area contributed by atoms with Crippen LogP contribution in [0.2, 0.25) is 0 Å². The van der Waals surface area contributed by atoms with Gasteiger partial charge in [0.1, 0.15) is 0 Å². The lowest BCUT2D eigenvalue weighted by atomic mass is 9.81. The Morgan fingerprint density at radius 1 is 1.06 bits per heavy atom. The molecule has 1 heterocycles. The van der Waals surface area contributed by atoms with Crippen LogP contribution in [0.25, 0.3) is 0 Å². The van der Waals surface area contributed by atoms with Gasteiger partial charge in [-0.3, -0.25) is 0 Å². The molecule has 1 aliphatic rings. The lowest BCUT2D eigenvalue weighted by molar-refractivity contribution is 0.140. The Hall–Kier alpha value is -0.120. The van der Waals surface area contributed by atoms with Gasteiger partial charge in [-0.05, 0) is 51.9 Å². The maximum Gasteiger partial charge on any atom is 0.0109 e. The van der Waals surface area contributed by atoms with Crippen LogP contribution in [-0.4, -0.2) is 63.2 Å². The fourth-order valence-electron chi connectivity index (χ4n) is 2.89. The third-order valence-electron chi connectivity index (χ3n) is 4.42. The highest BCUT2D eigenvalue weighted by molar-refractivity contribution is 4.83. The maximum atomic E-state index is 3.39. The lowest BCUT2D eigenvalue weighted by Crippen LogP contribution is -2.44. The average molecular weight is 241 g/mol. The molecule has 1 N–H and O–H groups in total. The first-order valence-electron chi connectivity index (χ1n) is 7.21. The number of rotatable bonds is 6. The summed E-state index contributed by atoms with van der Waals surface area (Å²) in [5.74, 6) is 0. The standard InChI is InChI=1S/C14H31N3/c1-5-14(6-2,12-15-3)13-17-9-7-8-16(4)10-11-17/h15H,5-13H2,1-4H3. The Labute approximate surface area is 108 Å². The Morgan fingerprint density at radius 3 is 2.35 bits per heavy atom. The summed E-state index contributed by atoms with van der Waals surface area (Å²) in [7, 11) is 4.32. The molecule has 1 aliphatic heterocycles. The minimum absolute atomic E-state index is 0.470. The molecule has 3 heteroatoms. The van der Waals surface area contributed by atoms with Crippen LogP contribution in [0.5, 0.6) is 0 Å². The minimum atomic E-state index is 0.470. The Bertz CT molecular complexity index is 202. The van der Waals surface area contributed by atoms with Gasteiger partial charge in [-0.25, -0.2) is 0 Å². The smallest absolute Gasteiger partial charge is 0.0109 e. The zero-order valence-electron chi connectivity index (χ0n) is 12.3. The van der Waals surface area contributed by atoms with Crippen LogP contribution in [0, 0.1) is 5.41 Å². The highest BCUT2D eigenvalue weighted by Gasteiger charge is 2.28. The van der Waals surface area contributed by atoms with Crippen molar-refractivity contribution in [1.29, 1.82) is 0 Å². The van der Waals surface area contributed by atoms with Crippen molar-refractivity contribution >= 4 is 0 Å². The first kappa shape index (κ1) is 14.9. The summed E-state index contributed by atoms with van der Waals surface area (Å²) in [5, 5.41) is 3.39. The molecule has 1 saturated heterocycles. The van der Waals surface area contributed by atoms with Gasteiger partial charge in [0.2, 0.25) is 0 Å². The third-order valence-corrected chi connectivity index (χ3v) is 4.42. The van der Waals surface area contributed by atoms with Crippen molar-refractivity contribution in [3.63, 3.8) is 0 Å². The van der Waals surface area contributed by atoms with E-state index in [-0.39, 0.29) is 0 Å². The summed E-state index contributed by atoms with van der Waals surface area (Å²) >= 11 is 0. The van der Waals surface area contributed by atoms with E-state index in [9.17, 15) is 0 Å². The summed E-state index contributed by atoms with van der Waals surface area (Å²) in [6.07, 6.45) is 3.87.